The Bertz CT molecular complexity index is 507. The summed E-state index contributed by atoms with van der Waals surface area (Å²) in [4.78, 5) is 13.8. The second-order valence-corrected chi connectivity index (χ2v) is 2.73. The first-order chi connectivity index (χ1) is 7.74. The molecule has 1 rings (SSSR count). The Kier molecular flexibility index (Phi) is 3.08. The second-order valence-electron chi connectivity index (χ2n) is 2.73. The fourth-order valence-electron chi connectivity index (χ4n) is 0.963. The summed E-state index contributed by atoms with van der Waals surface area (Å²) >= 11 is 0. The molecule has 0 spiro atoms. The number of aromatic nitrogens is 1. The van der Waals surface area contributed by atoms with E-state index in [0.29, 0.717) is 6.07 Å². The topological polar surface area (TPSA) is 109 Å². The molecule has 0 saturated heterocycles. The maximum absolute atomic E-state index is 12.0. The Balaban J connectivity index is 3.33. The molecule has 0 atom stereocenters. The van der Waals surface area contributed by atoms with Crippen molar-refractivity contribution >= 4 is 11.8 Å². The fourth-order valence-corrected chi connectivity index (χ4v) is 0.963. The molecule has 1 heterocycles. The van der Waals surface area contributed by atoms with Crippen LogP contribution in [0.15, 0.2) is 6.07 Å². The van der Waals surface area contributed by atoms with Gasteiger partial charge in [-0.1, -0.05) is 0 Å². The van der Waals surface area contributed by atoms with Crippen LogP contribution in [0.4, 0.5) is 19.0 Å². The van der Waals surface area contributed by atoms with Gasteiger partial charge in [0.15, 0.2) is 11.4 Å². The van der Waals surface area contributed by atoms with Gasteiger partial charge in [0.2, 0.25) is 0 Å². The van der Waals surface area contributed by atoms with Crippen molar-refractivity contribution in [2.75, 3.05) is 5.73 Å². The van der Waals surface area contributed by atoms with E-state index in [1.807, 2.05) is 0 Å². The third-order valence-corrected chi connectivity index (χ3v) is 1.58. The normalized spacial score (nSPS) is 10.7. The van der Waals surface area contributed by atoms with Gasteiger partial charge in [-0.25, -0.2) is 9.78 Å². The molecule has 0 unspecified atom stereocenters. The molecule has 0 aliphatic heterocycles. The van der Waals surface area contributed by atoms with E-state index in [4.69, 9.17) is 16.1 Å². The lowest BCUT2D eigenvalue weighted by Crippen LogP contribution is -2.19. The van der Waals surface area contributed by atoms with E-state index in [1.54, 1.807) is 0 Å². The molecule has 0 bridgehead atoms. The molecule has 0 aliphatic rings. The molecular formula is C8H4F3N3O3. The van der Waals surface area contributed by atoms with Crippen molar-refractivity contribution in [2.24, 2.45) is 0 Å². The zero-order valence-corrected chi connectivity index (χ0v) is 7.95. The number of carboxylic acid groups (broad SMARTS) is 1. The van der Waals surface area contributed by atoms with Crippen LogP contribution in [-0.2, 0) is 0 Å². The standard InChI is InChI=1S/C8H4F3N3O3/c9-8(10,11)17-5-1-3(7(15)16)6(13)14-4(5)2-12/h1H,(H2,13,14)(H,15,16). The van der Waals surface area contributed by atoms with Crippen LogP contribution < -0.4 is 10.5 Å². The molecule has 17 heavy (non-hydrogen) atoms. The summed E-state index contributed by atoms with van der Waals surface area (Å²) in [5.74, 6) is -3.15. The van der Waals surface area contributed by atoms with Gasteiger partial charge in [-0.2, -0.15) is 5.26 Å². The first-order valence-corrected chi connectivity index (χ1v) is 3.94. The number of pyridine rings is 1. The van der Waals surface area contributed by atoms with Crippen molar-refractivity contribution in [1.29, 1.82) is 5.26 Å². The first kappa shape index (κ1) is 12.6. The van der Waals surface area contributed by atoms with Crippen molar-refractivity contribution < 1.29 is 27.8 Å². The molecule has 0 aromatic carbocycles. The number of alkyl halides is 3. The number of hydrogen-bond donors (Lipinski definition) is 2. The lowest BCUT2D eigenvalue weighted by atomic mass is 10.2. The number of carbonyl (C=O) groups is 1. The van der Waals surface area contributed by atoms with Gasteiger partial charge < -0.3 is 15.6 Å². The van der Waals surface area contributed by atoms with Crippen molar-refractivity contribution in [2.45, 2.75) is 6.36 Å². The highest BCUT2D eigenvalue weighted by molar-refractivity contribution is 5.93. The van der Waals surface area contributed by atoms with Crippen molar-refractivity contribution in [3.05, 3.63) is 17.3 Å². The van der Waals surface area contributed by atoms with Gasteiger partial charge in [0.25, 0.3) is 0 Å². The molecule has 90 valence electrons. The Labute approximate surface area is 92.0 Å². The number of nitrogen functional groups attached to an aromatic ring is 1. The molecule has 0 fully saturated rings. The summed E-state index contributed by atoms with van der Waals surface area (Å²) in [5.41, 5.74) is 3.73. The van der Waals surface area contributed by atoms with E-state index >= 15 is 0 Å². The molecule has 0 amide bonds. The molecule has 0 radical (unpaired) electrons. The maximum Gasteiger partial charge on any atom is 0.573 e. The number of nitrogens with zero attached hydrogens (tertiary/aromatic N) is 2. The number of anilines is 1. The summed E-state index contributed by atoms with van der Waals surface area (Å²) in [7, 11) is 0. The summed E-state index contributed by atoms with van der Waals surface area (Å²) in [6, 6.07) is 1.81. The Morgan fingerprint density at radius 2 is 2.18 bits per heavy atom. The summed E-state index contributed by atoms with van der Waals surface area (Å²) in [6.45, 7) is 0. The minimum absolute atomic E-state index is 0.497. The number of rotatable bonds is 2. The molecule has 0 aliphatic carbocycles. The van der Waals surface area contributed by atoms with Gasteiger partial charge in [-0.15, -0.1) is 13.2 Å². The zero-order valence-electron chi connectivity index (χ0n) is 7.95. The number of nitrogens with two attached hydrogens (primary N) is 1. The van der Waals surface area contributed by atoms with Crippen LogP contribution >= 0.6 is 0 Å². The van der Waals surface area contributed by atoms with Gasteiger partial charge in [0, 0.05) is 6.07 Å². The van der Waals surface area contributed by atoms with Gasteiger partial charge in [-0.3, -0.25) is 0 Å². The van der Waals surface area contributed by atoms with Crippen molar-refractivity contribution in [3.8, 4) is 11.8 Å². The average molecular weight is 247 g/mol. The third-order valence-electron chi connectivity index (χ3n) is 1.58. The van der Waals surface area contributed by atoms with Gasteiger partial charge in [-0.05, 0) is 0 Å². The lowest BCUT2D eigenvalue weighted by molar-refractivity contribution is -0.274. The van der Waals surface area contributed by atoms with Crippen LogP contribution in [0.2, 0.25) is 0 Å². The average Bonchev–Trinajstić information content (AvgIpc) is 2.17. The monoisotopic (exact) mass is 247 g/mol. The second kappa shape index (κ2) is 4.17. The Morgan fingerprint density at radius 1 is 1.59 bits per heavy atom. The number of aromatic carboxylic acids is 1. The number of hydrogen-bond acceptors (Lipinski definition) is 5. The highest BCUT2D eigenvalue weighted by Gasteiger charge is 2.33. The van der Waals surface area contributed by atoms with E-state index in [2.05, 4.69) is 9.72 Å². The van der Waals surface area contributed by atoms with Crippen LogP contribution in [-0.4, -0.2) is 22.4 Å². The Hall–Kier alpha value is -2.50. The van der Waals surface area contributed by atoms with Gasteiger partial charge in [0.05, 0.1) is 0 Å². The lowest BCUT2D eigenvalue weighted by Gasteiger charge is -2.11. The van der Waals surface area contributed by atoms with Crippen LogP contribution in [0.25, 0.3) is 0 Å². The molecule has 9 heteroatoms. The van der Waals surface area contributed by atoms with Gasteiger partial charge in [0.1, 0.15) is 17.5 Å². The highest BCUT2D eigenvalue weighted by atomic mass is 19.4. The first-order valence-electron chi connectivity index (χ1n) is 3.94. The number of nitriles is 1. The fraction of sp³-hybridized carbons (Fsp3) is 0.125. The van der Waals surface area contributed by atoms with Crippen LogP contribution in [0.3, 0.4) is 0 Å². The molecule has 6 nitrogen and oxygen atoms in total. The molecule has 0 saturated carbocycles. The third kappa shape index (κ3) is 2.97. The minimum Gasteiger partial charge on any atom is -0.478 e. The smallest absolute Gasteiger partial charge is 0.478 e. The molecule has 3 N–H and O–H groups in total. The summed E-state index contributed by atoms with van der Waals surface area (Å²) in [5, 5.41) is 17.1. The number of halogens is 3. The molecule has 1 aromatic heterocycles. The SMILES string of the molecule is N#Cc1nc(N)c(C(=O)O)cc1OC(F)(F)F. The van der Waals surface area contributed by atoms with Crippen molar-refractivity contribution in [3.63, 3.8) is 0 Å². The summed E-state index contributed by atoms with van der Waals surface area (Å²) < 4.78 is 39.3. The molecular weight excluding hydrogens is 243 g/mol. The van der Waals surface area contributed by atoms with Crippen molar-refractivity contribution in [1.82, 2.24) is 4.98 Å². The van der Waals surface area contributed by atoms with E-state index in [0.717, 1.165) is 0 Å². The molecule has 1 aromatic rings. The quantitative estimate of drug-likeness (QED) is 0.810. The van der Waals surface area contributed by atoms with Crippen LogP contribution in [0.5, 0.6) is 5.75 Å². The van der Waals surface area contributed by atoms with E-state index in [1.165, 1.54) is 6.07 Å². The van der Waals surface area contributed by atoms with Gasteiger partial charge >= 0.3 is 12.3 Å². The Morgan fingerprint density at radius 3 is 2.59 bits per heavy atom. The zero-order chi connectivity index (χ0) is 13.2. The highest BCUT2D eigenvalue weighted by Crippen LogP contribution is 2.27. The van der Waals surface area contributed by atoms with Crippen LogP contribution in [0, 0.1) is 11.3 Å². The number of ether oxygens (including phenoxy) is 1. The predicted octanol–water partition coefficient (Wildman–Crippen LogP) is 1.13. The largest absolute Gasteiger partial charge is 0.573 e. The van der Waals surface area contributed by atoms with E-state index in [9.17, 15) is 18.0 Å². The maximum atomic E-state index is 12.0. The number of carboxylic acids is 1. The summed E-state index contributed by atoms with van der Waals surface area (Å²) in [6.07, 6.45) is -5.06. The van der Waals surface area contributed by atoms with E-state index in [-0.39, 0.29) is 0 Å². The van der Waals surface area contributed by atoms with E-state index < -0.39 is 35.2 Å². The predicted molar refractivity (Wildman–Crippen MR) is 47.0 cm³/mol. The van der Waals surface area contributed by atoms with Crippen LogP contribution in [0.1, 0.15) is 16.1 Å². The minimum atomic E-state index is -5.06.